The van der Waals surface area contributed by atoms with Gasteiger partial charge < -0.3 is 9.88 Å². The molecule has 1 amide bonds. The van der Waals surface area contributed by atoms with Gasteiger partial charge in [-0.15, -0.1) is 0 Å². The van der Waals surface area contributed by atoms with Gasteiger partial charge in [0.1, 0.15) is 10.5 Å². The number of aryl methyl sites for hydroxylation is 1. The summed E-state index contributed by atoms with van der Waals surface area (Å²) in [6, 6.07) is 5.44. The molecule has 0 unspecified atom stereocenters. The number of pyridine rings is 2. The highest BCUT2D eigenvalue weighted by molar-refractivity contribution is 7.89. The van der Waals surface area contributed by atoms with Gasteiger partial charge >= 0.3 is 0 Å². The lowest BCUT2D eigenvalue weighted by Gasteiger charge is -2.34. The number of H-pyrrole nitrogens is 1. The van der Waals surface area contributed by atoms with E-state index in [4.69, 9.17) is 0 Å². The minimum Gasteiger partial charge on any atom is -0.345 e. The van der Waals surface area contributed by atoms with Crippen LogP contribution in [0.3, 0.4) is 0 Å². The van der Waals surface area contributed by atoms with Crippen LogP contribution in [0, 0.1) is 6.92 Å². The number of amides is 1. The van der Waals surface area contributed by atoms with Crippen molar-refractivity contribution in [1.82, 2.24) is 33.9 Å². The third-order valence-corrected chi connectivity index (χ3v) is 7.97. The number of nitrogens with one attached hydrogen (secondary N) is 1. The molecule has 0 spiro atoms. The molecule has 1 aliphatic heterocycles. The van der Waals surface area contributed by atoms with Gasteiger partial charge in [-0.2, -0.15) is 9.40 Å². The number of fused-ring (bicyclic) bond motifs is 2. The molecule has 0 radical (unpaired) electrons. The van der Waals surface area contributed by atoms with Gasteiger partial charge in [0.25, 0.3) is 5.91 Å². The van der Waals surface area contributed by atoms with Crippen molar-refractivity contribution in [3.05, 3.63) is 48.0 Å². The Bertz CT molecular complexity index is 1460. The molecule has 0 saturated carbocycles. The number of aromatic amines is 1. The summed E-state index contributed by atoms with van der Waals surface area (Å²) < 4.78 is 29.7. The molecule has 5 heterocycles. The van der Waals surface area contributed by atoms with Crippen molar-refractivity contribution in [2.45, 2.75) is 31.7 Å². The normalized spacial score (nSPS) is 15.7. The number of aromatic nitrogens is 5. The minimum atomic E-state index is -3.70. The topological polar surface area (TPSA) is 117 Å². The van der Waals surface area contributed by atoms with Gasteiger partial charge in [0, 0.05) is 55.4 Å². The number of carbonyl (C=O) groups excluding carboxylic acids is 1. The summed E-state index contributed by atoms with van der Waals surface area (Å²) in [6.07, 6.45) is 4.81. The van der Waals surface area contributed by atoms with Crippen molar-refractivity contribution in [2.75, 3.05) is 26.2 Å². The van der Waals surface area contributed by atoms with E-state index in [2.05, 4.69) is 20.1 Å². The molecule has 1 saturated heterocycles. The Labute approximate surface area is 191 Å². The zero-order valence-electron chi connectivity index (χ0n) is 18.7. The Morgan fingerprint density at radius 2 is 1.94 bits per heavy atom. The van der Waals surface area contributed by atoms with Gasteiger partial charge in [-0.25, -0.2) is 23.1 Å². The first kappa shape index (κ1) is 21.5. The lowest BCUT2D eigenvalue weighted by atomic mass is 10.1. The second kappa shape index (κ2) is 7.92. The van der Waals surface area contributed by atoms with Crippen molar-refractivity contribution < 1.29 is 13.2 Å². The van der Waals surface area contributed by atoms with Crippen LogP contribution in [0.1, 0.15) is 35.9 Å². The fraction of sp³-hybridized carbons (Fsp3) is 0.364. The van der Waals surface area contributed by atoms with Crippen LogP contribution in [0.5, 0.6) is 0 Å². The molecule has 0 atom stereocenters. The van der Waals surface area contributed by atoms with E-state index in [1.165, 1.54) is 10.5 Å². The second-order valence-electron chi connectivity index (χ2n) is 8.47. The van der Waals surface area contributed by atoms with E-state index in [0.717, 1.165) is 11.0 Å². The third-order valence-electron chi connectivity index (χ3n) is 6.04. The summed E-state index contributed by atoms with van der Waals surface area (Å²) in [5.74, 6) is -0.146. The fourth-order valence-electron chi connectivity index (χ4n) is 4.25. The lowest BCUT2D eigenvalue weighted by Crippen LogP contribution is -2.50. The summed E-state index contributed by atoms with van der Waals surface area (Å²) in [5, 5.41) is 5.76. The predicted molar refractivity (Wildman–Crippen MR) is 123 cm³/mol. The first-order valence-corrected chi connectivity index (χ1v) is 12.3. The lowest BCUT2D eigenvalue weighted by molar-refractivity contribution is 0.0697. The molecule has 33 heavy (non-hydrogen) atoms. The summed E-state index contributed by atoms with van der Waals surface area (Å²) in [5.41, 5.74) is 2.44. The maximum absolute atomic E-state index is 13.2. The van der Waals surface area contributed by atoms with Crippen LogP contribution < -0.4 is 0 Å². The monoisotopic (exact) mass is 467 g/mol. The zero-order valence-corrected chi connectivity index (χ0v) is 19.5. The SMILES string of the molecule is Cc1nc2c(cnn2C(C)C)cc1C(=O)N1CCN(S(=O)(=O)c2c[nH]c3ncccc23)CC1. The zero-order chi connectivity index (χ0) is 23.3. The van der Waals surface area contributed by atoms with Gasteiger partial charge in [0.2, 0.25) is 10.0 Å². The largest absolute Gasteiger partial charge is 0.345 e. The Morgan fingerprint density at radius 3 is 2.67 bits per heavy atom. The quantitative estimate of drug-likeness (QED) is 0.492. The Balaban J connectivity index is 1.35. The number of hydrogen-bond donors (Lipinski definition) is 1. The van der Waals surface area contributed by atoms with Crippen LogP contribution in [0.25, 0.3) is 22.1 Å². The van der Waals surface area contributed by atoms with E-state index in [-0.39, 0.29) is 29.9 Å². The maximum Gasteiger partial charge on any atom is 0.255 e. The smallest absolute Gasteiger partial charge is 0.255 e. The molecule has 1 aliphatic rings. The fourth-order valence-corrected chi connectivity index (χ4v) is 5.82. The van der Waals surface area contributed by atoms with Crippen molar-refractivity contribution in [3.63, 3.8) is 0 Å². The van der Waals surface area contributed by atoms with E-state index < -0.39 is 10.0 Å². The number of nitrogens with zero attached hydrogens (tertiary/aromatic N) is 6. The second-order valence-corrected chi connectivity index (χ2v) is 10.4. The highest BCUT2D eigenvalue weighted by atomic mass is 32.2. The van der Waals surface area contributed by atoms with Crippen molar-refractivity contribution in [2.24, 2.45) is 0 Å². The highest BCUT2D eigenvalue weighted by Crippen LogP contribution is 2.26. The van der Waals surface area contributed by atoms with E-state index in [1.807, 2.05) is 31.5 Å². The van der Waals surface area contributed by atoms with Gasteiger partial charge in [0.05, 0.1) is 17.5 Å². The van der Waals surface area contributed by atoms with Crippen molar-refractivity contribution >= 4 is 38.0 Å². The van der Waals surface area contributed by atoms with Crippen LogP contribution in [-0.2, 0) is 10.0 Å². The molecule has 1 N–H and O–H groups in total. The summed E-state index contributed by atoms with van der Waals surface area (Å²) >= 11 is 0. The van der Waals surface area contributed by atoms with Crippen molar-refractivity contribution in [3.8, 4) is 0 Å². The molecule has 4 aromatic heterocycles. The van der Waals surface area contributed by atoms with E-state index in [9.17, 15) is 13.2 Å². The first-order valence-electron chi connectivity index (χ1n) is 10.8. The standard InChI is InChI=1S/C22H25N7O3S/c1-14(2)29-21-16(12-25-29)11-18(15(3)26-21)22(30)27-7-9-28(10-8-27)33(31,32)19-13-24-20-17(19)5-4-6-23-20/h4-6,11-14H,7-10H2,1-3H3,(H,23,24). The van der Waals surface area contributed by atoms with Crippen molar-refractivity contribution in [1.29, 1.82) is 0 Å². The molecule has 0 aromatic carbocycles. The predicted octanol–water partition coefficient (Wildman–Crippen LogP) is 2.34. The number of rotatable bonds is 4. The molecule has 172 valence electrons. The molecule has 1 fully saturated rings. The third kappa shape index (κ3) is 3.57. The number of piperazine rings is 1. The Morgan fingerprint density at radius 1 is 1.18 bits per heavy atom. The highest BCUT2D eigenvalue weighted by Gasteiger charge is 2.32. The van der Waals surface area contributed by atoms with Crippen LogP contribution >= 0.6 is 0 Å². The van der Waals surface area contributed by atoms with Gasteiger partial charge in [0.15, 0.2) is 5.65 Å². The van der Waals surface area contributed by atoms with Crippen LogP contribution in [-0.4, -0.2) is 74.4 Å². The first-order chi connectivity index (χ1) is 15.8. The average molecular weight is 468 g/mol. The molecule has 4 aromatic rings. The minimum absolute atomic E-state index is 0.146. The summed E-state index contributed by atoms with van der Waals surface area (Å²) in [6.45, 7) is 6.94. The Hall–Kier alpha value is -3.31. The molecule has 10 nitrogen and oxygen atoms in total. The van der Waals surface area contributed by atoms with Crippen LogP contribution in [0.2, 0.25) is 0 Å². The maximum atomic E-state index is 13.2. The van der Waals surface area contributed by atoms with Gasteiger partial charge in [-0.1, -0.05) is 0 Å². The molecular weight excluding hydrogens is 442 g/mol. The molecule has 0 aliphatic carbocycles. The van der Waals surface area contributed by atoms with Gasteiger partial charge in [-0.3, -0.25) is 4.79 Å². The molecular formula is C22H25N7O3S. The number of hydrogen-bond acceptors (Lipinski definition) is 6. The van der Waals surface area contributed by atoms with Crippen LogP contribution in [0.4, 0.5) is 0 Å². The number of sulfonamides is 1. The molecule has 11 heteroatoms. The van der Waals surface area contributed by atoms with E-state index in [0.29, 0.717) is 35.4 Å². The van der Waals surface area contributed by atoms with Crippen LogP contribution in [0.15, 0.2) is 41.7 Å². The molecule has 5 rings (SSSR count). The number of carbonyl (C=O) groups is 1. The Kier molecular flexibility index (Phi) is 5.17. The van der Waals surface area contributed by atoms with E-state index in [1.54, 1.807) is 29.4 Å². The molecule has 0 bridgehead atoms. The summed E-state index contributed by atoms with van der Waals surface area (Å²) in [4.78, 5) is 26.8. The van der Waals surface area contributed by atoms with E-state index >= 15 is 0 Å². The average Bonchev–Trinajstić information content (AvgIpc) is 3.42. The summed E-state index contributed by atoms with van der Waals surface area (Å²) in [7, 11) is -3.70. The van der Waals surface area contributed by atoms with Gasteiger partial charge in [-0.05, 0) is 39.0 Å².